The third-order valence-electron chi connectivity index (χ3n) is 18.2. The molecule has 3 aromatic rings. The molecule has 5 fully saturated rings. The number of carbonyl (C=O) groups is 3. The van der Waals surface area contributed by atoms with Crippen LogP contribution in [-0.2, 0) is 48.0 Å². The van der Waals surface area contributed by atoms with E-state index in [0.717, 1.165) is 65.0 Å². The van der Waals surface area contributed by atoms with Gasteiger partial charge in [-0.2, -0.15) is 0 Å². The van der Waals surface area contributed by atoms with Crippen LogP contribution in [-0.4, -0.2) is 236 Å². The normalized spacial score (nSPS) is 26.3. The summed E-state index contributed by atoms with van der Waals surface area (Å²) in [5, 5.41) is 0. The fourth-order valence-electron chi connectivity index (χ4n) is 13.3. The average Bonchev–Trinajstić information content (AvgIpc) is 2.58. The molecule has 3 amide bonds. The molecule has 6 atom stereocenters. The maximum Gasteiger partial charge on any atom is 0.253 e. The van der Waals surface area contributed by atoms with Crippen molar-refractivity contribution in [2.75, 3.05) is 139 Å². The minimum Gasteiger partial charge on any atom is -0.370 e. The minimum atomic E-state index is -2.95. The largest absolute Gasteiger partial charge is 0.370 e. The van der Waals surface area contributed by atoms with Gasteiger partial charge >= 0.3 is 0 Å². The minimum absolute atomic E-state index is 0.0320. The van der Waals surface area contributed by atoms with Gasteiger partial charge in [0.2, 0.25) is 20.8 Å². The van der Waals surface area contributed by atoms with Gasteiger partial charge in [0.15, 0.2) is 0 Å². The number of hydrogen-bond acceptors (Lipinski definition) is 12. The molecule has 0 N–H and O–H groups in total. The van der Waals surface area contributed by atoms with Crippen molar-refractivity contribution in [1.29, 1.82) is 0 Å². The lowest BCUT2D eigenvalue weighted by molar-refractivity contribution is -0.140. The molecular formula is C65H101N9O9P2. The molecule has 0 spiro atoms. The van der Waals surface area contributed by atoms with E-state index in [1.54, 1.807) is 4.67 Å². The Labute approximate surface area is 509 Å². The predicted molar refractivity (Wildman–Crippen MR) is 337 cm³/mol. The van der Waals surface area contributed by atoms with Crippen LogP contribution in [0.3, 0.4) is 0 Å². The number of benzene rings is 3. The molecule has 5 heterocycles. The van der Waals surface area contributed by atoms with Crippen LogP contribution in [0.2, 0.25) is 0 Å². The number of imide groups is 1. The van der Waals surface area contributed by atoms with E-state index in [-0.39, 0.29) is 77.7 Å². The standard InChI is InChI=1S/C36H51N4O3P.C29H50N5O6P/c1-30-26-39(35(2,3)4)27-34(43-30)28-42-29-44(41,37(5)6)40-24-22-38(23-25-40)36(31-16-10-7-11-17-31,32-18-12-8-13-19-32)33-20-14-9-15-21-33;1-22-17-32(29(2,3)4)19-25(40-22)20-39-21-41(38,30(5)6)33-15-13-31(14-16-33)28(37)24-9-7-23(8-10-24)18-34-26(35)11-12-27(34)36/h7-21,30,34H,22-29H2,1-6H3;11-12,22-25H,7-10,13-21H2,1-6H3. The number of rotatable bonds is 19. The molecule has 9 rings (SSSR count). The fourth-order valence-corrected chi connectivity index (χ4v) is 17.3. The second-order valence-corrected chi connectivity index (χ2v) is 32.6. The number of ether oxygens (including phenoxy) is 4. The van der Waals surface area contributed by atoms with E-state index in [0.29, 0.717) is 59.0 Å². The summed E-state index contributed by atoms with van der Waals surface area (Å²) in [4.78, 5) is 47.7. The number of carbonyl (C=O) groups excluding carboxylic acids is 3. The van der Waals surface area contributed by atoms with Crippen molar-refractivity contribution in [3.63, 3.8) is 0 Å². The van der Waals surface area contributed by atoms with Crippen molar-refractivity contribution < 1.29 is 42.5 Å². The smallest absolute Gasteiger partial charge is 0.253 e. The van der Waals surface area contributed by atoms with Gasteiger partial charge in [-0.05, 0) is 132 Å². The van der Waals surface area contributed by atoms with Gasteiger partial charge in [-0.15, -0.1) is 0 Å². The summed E-state index contributed by atoms with van der Waals surface area (Å²) in [7, 11) is 1.61. The Morgan fingerprint density at radius 2 is 0.918 bits per heavy atom. The fraction of sp³-hybridized carbons (Fsp3) is 0.646. The second kappa shape index (κ2) is 29.1. The molecule has 1 aliphatic carbocycles. The van der Waals surface area contributed by atoms with Crippen molar-refractivity contribution in [3.8, 4) is 0 Å². The van der Waals surface area contributed by atoms with E-state index in [2.05, 4.69) is 166 Å². The van der Waals surface area contributed by atoms with Gasteiger partial charge in [0, 0.05) is 114 Å². The third-order valence-corrected chi connectivity index (χ3v) is 24.3. The molecule has 470 valence electrons. The second-order valence-electron chi connectivity index (χ2n) is 26.7. The van der Waals surface area contributed by atoms with E-state index < -0.39 is 20.4 Å². The van der Waals surface area contributed by atoms with Gasteiger partial charge in [0.05, 0.1) is 43.2 Å². The van der Waals surface area contributed by atoms with Crippen LogP contribution >= 0.6 is 14.9 Å². The third kappa shape index (κ3) is 16.3. The van der Waals surface area contributed by atoms with Crippen LogP contribution in [0.1, 0.15) is 97.8 Å². The van der Waals surface area contributed by atoms with Crippen LogP contribution in [0.5, 0.6) is 0 Å². The molecule has 6 unspecified atom stereocenters. The lowest BCUT2D eigenvalue weighted by Crippen LogP contribution is -2.56. The SMILES string of the molecule is CC1CN(C(C)(C)C)CC(COCP(=O)(N(C)C)N2CCN(C(=O)C3CCC(CN4C(=O)C=CC4=O)CC3)CC2)O1.CC1CN(C(C)(C)C)CC(COCP(=O)(N(C)C)N2CCN(C(c3ccccc3)(c3ccccc3)c3ccccc3)CC2)O1. The number of nitrogens with zero attached hydrogens (tertiary/aromatic N) is 9. The molecule has 18 nitrogen and oxygen atoms in total. The summed E-state index contributed by atoms with van der Waals surface area (Å²) in [6.07, 6.45) is 6.32. The summed E-state index contributed by atoms with van der Waals surface area (Å²) in [5.74, 6) is -0.101. The van der Waals surface area contributed by atoms with Crippen molar-refractivity contribution in [3.05, 3.63) is 120 Å². The number of morpholine rings is 2. The predicted octanol–water partition coefficient (Wildman–Crippen LogP) is 8.69. The van der Waals surface area contributed by atoms with E-state index in [4.69, 9.17) is 18.9 Å². The zero-order valence-corrected chi connectivity index (χ0v) is 55.0. The molecule has 5 aliphatic heterocycles. The molecule has 85 heavy (non-hydrogen) atoms. The van der Waals surface area contributed by atoms with E-state index in [1.807, 2.05) is 42.4 Å². The molecule has 1 saturated carbocycles. The first-order valence-corrected chi connectivity index (χ1v) is 34.7. The molecule has 4 saturated heterocycles. The highest BCUT2D eigenvalue weighted by Gasteiger charge is 2.47. The summed E-state index contributed by atoms with van der Waals surface area (Å²) in [6.45, 7) is 27.3. The molecule has 6 aliphatic rings. The van der Waals surface area contributed by atoms with Gasteiger partial charge < -0.3 is 23.8 Å². The van der Waals surface area contributed by atoms with Gasteiger partial charge in [0.25, 0.3) is 11.8 Å². The van der Waals surface area contributed by atoms with E-state index >= 15 is 0 Å². The Morgan fingerprint density at radius 3 is 1.28 bits per heavy atom. The van der Waals surface area contributed by atoms with Crippen molar-refractivity contribution in [2.24, 2.45) is 11.8 Å². The highest BCUT2D eigenvalue weighted by Crippen LogP contribution is 2.54. The number of amides is 3. The van der Waals surface area contributed by atoms with Gasteiger partial charge in [-0.25, -0.2) is 18.7 Å². The van der Waals surface area contributed by atoms with Gasteiger partial charge in [0.1, 0.15) is 12.7 Å². The van der Waals surface area contributed by atoms with Gasteiger partial charge in [-0.1, -0.05) is 91.0 Å². The number of piperazine rings is 2. The first-order valence-electron chi connectivity index (χ1n) is 31.1. The maximum absolute atomic E-state index is 14.6. The maximum atomic E-state index is 14.6. The Morgan fingerprint density at radius 1 is 0.541 bits per heavy atom. The van der Waals surface area contributed by atoms with E-state index in [9.17, 15) is 23.5 Å². The molecule has 0 bridgehead atoms. The average molecular weight is 1210 g/mol. The van der Waals surface area contributed by atoms with Crippen LogP contribution in [0.4, 0.5) is 0 Å². The highest BCUT2D eigenvalue weighted by atomic mass is 31.2. The monoisotopic (exact) mass is 1210 g/mol. The molecule has 3 aromatic carbocycles. The Kier molecular flexibility index (Phi) is 22.9. The first-order chi connectivity index (χ1) is 40.3. The van der Waals surface area contributed by atoms with Gasteiger partial charge in [-0.3, -0.25) is 43.1 Å². The lowest BCUT2D eigenvalue weighted by atomic mass is 9.75. The summed E-state index contributed by atoms with van der Waals surface area (Å²) >= 11 is 0. The van der Waals surface area contributed by atoms with Crippen molar-refractivity contribution in [2.45, 2.75) is 122 Å². The molecular weight excluding hydrogens is 1110 g/mol. The Hall–Kier alpha value is -3.97. The molecule has 20 heteroatoms. The Bertz CT molecular complexity index is 2640. The van der Waals surface area contributed by atoms with Crippen LogP contribution in [0.25, 0.3) is 0 Å². The van der Waals surface area contributed by atoms with Crippen molar-refractivity contribution >= 4 is 32.6 Å². The topological polar surface area (TPSA) is 151 Å². The van der Waals surface area contributed by atoms with Crippen LogP contribution in [0, 0.1) is 11.8 Å². The summed E-state index contributed by atoms with van der Waals surface area (Å²) in [6, 6.07) is 32.4. The summed E-state index contributed by atoms with van der Waals surface area (Å²) < 4.78 is 61.2. The zero-order chi connectivity index (χ0) is 61.3. The van der Waals surface area contributed by atoms with E-state index in [1.165, 1.54) is 33.7 Å². The van der Waals surface area contributed by atoms with Crippen LogP contribution < -0.4 is 0 Å². The molecule has 0 radical (unpaired) electrons. The first kappa shape index (κ1) is 67.0. The molecule has 0 aromatic heterocycles. The summed E-state index contributed by atoms with van der Waals surface area (Å²) in [5.41, 5.74) is 3.35. The number of hydrogen-bond donors (Lipinski definition) is 0. The van der Waals surface area contributed by atoms with Crippen molar-refractivity contribution in [1.82, 2.24) is 43.2 Å². The quantitative estimate of drug-likeness (QED) is 0.0639. The zero-order valence-electron chi connectivity index (χ0n) is 53.2. The lowest BCUT2D eigenvalue weighted by Gasteiger charge is -2.50. The van der Waals surface area contributed by atoms with Crippen LogP contribution in [0.15, 0.2) is 103 Å². The highest BCUT2D eigenvalue weighted by molar-refractivity contribution is 7.59. The Balaban J connectivity index is 0.000000222.